The maximum Gasteiger partial charge on any atom is 0.311 e. The van der Waals surface area contributed by atoms with Gasteiger partial charge in [0.25, 0.3) is 0 Å². The predicted molar refractivity (Wildman–Crippen MR) is 44.7 cm³/mol. The van der Waals surface area contributed by atoms with Gasteiger partial charge in [-0.05, 0) is 12.8 Å². The summed E-state index contributed by atoms with van der Waals surface area (Å²) in [4.78, 5) is 11.2. The molecule has 0 saturated carbocycles. The van der Waals surface area contributed by atoms with Gasteiger partial charge in [0.2, 0.25) is 0 Å². The van der Waals surface area contributed by atoms with Crippen molar-refractivity contribution in [3.8, 4) is 0 Å². The van der Waals surface area contributed by atoms with Crippen molar-refractivity contribution in [1.29, 1.82) is 0 Å². The summed E-state index contributed by atoms with van der Waals surface area (Å²) < 4.78 is 10.00. The van der Waals surface area contributed by atoms with Crippen LogP contribution in [0.3, 0.4) is 0 Å². The van der Waals surface area contributed by atoms with Gasteiger partial charge in [0.15, 0.2) is 0 Å². The van der Waals surface area contributed by atoms with Gasteiger partial charge in [-0.3, -0.25) is 4.79 Å². The molecule has 0 aromatic carbocycles. The zero-order chi connectivity index (χ0) is 8.97. The Kier molecular flexibility index (Phi) is 3.29. The van der Waals surface area contributed by atoms with Gasteiger partial charge in [0, 0.05) is 6.61 Å². The second kappa shape index (κ2) is 4.26. The smallest absolute Gasteiger partial charge is 0.311 e. The van der Waals surface area contributed by atoms with Crippen LogP contribution in [0.4, 0.5) is 0 Å². The largest absolute Gasteiger partial charge is 0.469 e. The summed E-state index contributed by atoms with van der Waals surface area (Å²) in [6.45, 7) is 4.33. The first kappa shape index (κ1) is 9.26. The van der Waals surface area contributed by atoms with Crippen LogP contribution in [-0.4, -0.2) is 25.8 Å². The van der Waals surface area contributed by atoms with E-state index in [1.165, 1.54) is 7.11 Å². The van der Waals surface area contributed by atoms with Crippen molar-refractivity contribution < 1.29 is 14.3 Å². The standard InChI is InChI=1S/C9H14O3/c1-3-8-7(9(10)11-2)5-4-6-12-8/h3,7-8H,1,4-6H2,2H3/t7-,8-/m0/s1. The number of hydrogen-bond acceptors (Lipinski definition) is 3. The minimum Gasteiger partial charge on any atom is -0.469 e. The number of hydrogen-bond donors (Lipinski definition) is 0. The highest BCUT2D eigenvalue weighted by atomic mass is 16.5. The highest BCUT2D eigenvalue weighted by Crippen LogP contribution is 2.22. The van der Waals surface area contributed by atoms with Gasteiger partial charge in [0.1, 0.15) is 0 Å². The first-order chi connectivity index (χ1) is 5.79. The number of carbonyl (C=O) groups is 1. The van der Waals surface area contributed by atoms with Gasteiger partial charge in [-0.15, -0.1) is 6.58 Å². The van der Waals surface area contributed by atoms with Gasteiger partial charge in [0.05, 0.1) is 19.1 Å². The second-order valence-corrected chi connectivity index (χ2v) is 2.84. The number of ether oxygens (including phenoxy) is 2. The monoisotopic (exact) mass is 170 g/mol. The van der Waals surface area contributed by atoms with Crippen LogP contribution in [0.25, 0.3) is 0 Å². The average molecular weight is 170 g/mol. The van der Waals surface area contributed by atoms with E-state index in [0.29, 0.717) is 6.61 Å². The van der Waals surface area contributed by atoms with E-state index in [4.69, 9.17) is 4.74 Å². The van der Waals surface area contributed by atoms with Gasteiger partial charge >= 0.3 is 5.97 Å². The lowest BCUT2D eigenvalue weighted by atomic mass is 9.94. The summed E-state index contributed by atoms with van der Waals surface area (Å²) in [5.41, 5.74) is 0. The Balaban J connectivity index is 2.58. The summed E-state index contributed by atoms with van der Waals surface area (Å²) >= 11 is 0. The van der Waals surface area contributed by atoms with E-state index in [1.807, 2.05) is 0 Å². The van der Waals surface area contributed by atoms with E-state index >= 15 is 0 Å². The molecule has 12 heavy (non-hydrogen) atoms. The molecule has 3 nitrogen and oxygen atoms in total. The normalized spacial score (nSPS) is 29.4. The molecule has 0 amide bonds. The molecule has 0 bridgehead atoms. The fourth-order valence-corrected chi connectivity index (χ4v) is 1.44. The third-order valence-electron chi connectivity index (χ3n) is 2.10. The van der Waals surface area contributed by atoms with Crippen LogP contribution in [-0.2, 0) is 14.3 Å². The zero-order valence-corrected chi connectivity index (χ0v) is 7.29. The predicted octanol–water partition coefficient (Wildman–Crippen LogP) is 1.14. The number of esters is 1. The SMILES string of the molecule is C=C[C@@H]1OCCC[C@@H]1C(=O)OC. The fourth-order valence-electron chi connectivity index (χ4n) is 1.44. The molecule has 1 rings (SSSR count). The quantitative estimate of drug-likeness (QED) is 0.460. The third-order valence-corrected chi connectivity index (χ3v) is 2.10. The van der Waals surface area contributed by atoms with Crippen LogP contribution in [0.1, 0.15) is 12.8 Å². The summed E-state index contributed by atoms with van der Waals surface area (Å²) in [6.07, 6.45) is 3.26. The fraction of sp³-hybridized carbons (Fsp3) is 0.667. The zero-order valence-electron chi connectivity index (χ0n) is 7.29. The van der Waals surface area contributed by atoms with Gasteiger partial charge in [-0.25, -0.2) is 0 Å². The molecule has 0 aromatic rings. The van der Waals surface area contributed by atoms with Gasteiger partial charge in [-0.1, -0.05) is 6.08 Å². The number of rotatable bonds is 2. The average Bonchev–Trinajstić information content (AvgIpc) is 2.16. The maximum absolute atomic E-state index is 11.2. The highest BCUT2D eigenvalue weighted by molar-refractivity contribution is 5.73. The molecule has 0 unspecified atom stereocenters. The van der Waals surface area contributed by atoms with Crippen LogP contribution < -0.4 is 0 Å². The van der Waals surface area contributed by atoms with E-state index in [0.717, 1.165) is 12.8 Å². The lowest BCUT2D eigenvalue weighted by molar-refractivity contribution is -0.152. The molecule has 1 aliphatic heterocycles. The van der Waals surface area contributed by atoms with Crippen molar-refractivity contribution in [3.05, 3.63) is 12.7 Å². The molecule has 68 valence electrons. The van der Waals surface area contributed by atoms with E-state index < -0.39 is 0 Å². The van der Waals surface area contributed by atoms with Crippen molar-refractivity contribution >= 4 is 5.97 Å². The van der Waals surface area contributed by atoms with Crippen molar-refractivity contribution in [1.82, 2.24) is 0 Å². The Hall–Kier alpha value is -0.830. The van der Waals surface area contributed by atoms with Crippen LogP contribution >= 0.6 is 0 Å². The van der Waals surface area contributed by atoms with Gasteiger partial charge < -0.3 is 9.47 Å². The van der Waals surface area contributed by atoms with Crippen LogP contribution in [0, 0.1) is 5.92 Å². The molecule has 2 atom stereocenters. The Morgan fingerprint density at radius 1 is 1.75 bits per heavy atom. The molecule has 0 aromatic heterocycles. The molecule has 1 aliphatic rings. The minimum atomic E-state index is -0.195. The van der Waals surface area contributed by atoms with Crippen molar-refractivity contribution in [2.45, 2.75) is 18.9 Å². The summed E-state index contributed by atoms with van der Waals surface area (Å²) in [6, 6.07) is 0. The summed E-state index contributed by atoms with van der Waals surface area (Å²) in [7, 11) is 1.40. The third kappa shape index (κ3) is 1.85. The van der Waals surface area contributed by atoms with Crippen molar-refractivity contribution in [2.75, 3.05) is 13.7 Å². The van der Waals surface area contributed by atoms with Gasteiger partial charge in [-0.2, -0.15) is 0 Å². The molecular formula is C9H14O3. The molecule has 1 fully saturated rings. The second-order valence-electron chi connectivity index (χ2n) is 2.84. The Labute approximate surface area is 72.4 Å². The number of carbonyl (C=O) groups excluding carboxylic acids is 1. The topological polar surface area (TPSA) is 35.5 Å². The van der Waals surface area contributed by atoms with Crippen LogP contribution in [0.5, 0.6) is 0 Å². The van der Waals surface area contributed by atoms with E-state index in [9.17, 15) is 4.79 Å². The minimum absolute atomic E-state index is 0.152. The molecule has 0 radical (unpaired) electrons. The first-order valence-corrected chi connectivity index (χ1v) is 4.11. The number of methoxy groups -OCH3 is 1. The van der Waals surface area contributed by atoms with E-state index in [1.54, 1.807) is 6.08 Å². The summed E-state index contributed by atoms with van der Waals surface area (Å²) in [5.74, 6) is -0.346. The molecule has 0 spiro atoms. The van der Waals surface area contributed by atoms with Crippen molar-refractivity contribution in [2.24, 2.45) is 5.92 Å². The van der Waals surface area contributed by atoms with Crippen LogP contribution in [0.15, 0.2) is 12.7 Å². The lowest BCUT2D eigenvalue weighted by Gasteiger charge is -2.27. The Morgan fingerprint density at radius 3 is 3.08 bits per heavy atom. The van der Waals surface area contributed by atoms with Crippen LogP contribution in [0.2, 0.25) is 0 Å². The maximum atomic E-state index is 11.2. The highest BCUT2D eigenvalue weighted by Gasteiger charge is 2.30. The lowest BCUT2D eigenvalue weighted by Crippen LogP contribution is -2.34. The Bertz CT molecular complexity index is 177. The molecule has 1 saturated heterocycles. The van der Waals surface area contributed by atoms with Crippen molar-refractivity contribution in [3.63, 3.8) is 0 Å². The summed E-state index contributed by atoms with van der Waals surface area (Å²) in [5, 5.41) is 0. The molecule has 0 aliphatic carbocycles. The van der Waals surface area contributed by atoms with E-state index in [-0.39, 0.29) is 18.0 Å². The molecular weight excluding hydrogens is 156 g/mol. The molecule has 0 N–H and O–H groups in total. The first-order valence-electron chi connectivity index (χ1n) is 4.11. The Morgan fingerprint density at radius 2 is 2.50 bits per heavy atom. The van der Waals surface area contributed by atoms with E-state index in [2.05, 4.69) is 11.3 Å². The molecule has 3 heteroatoms. The molecule has 1 heterocycles.